The summed E-state index contributed by atoms with van der Waals surface area (Å²) in [7, 11) is 0. The number of benzene rings is 2. The van der Waals surface area contributed by atoms with Crippen LogP contribution in [0.5, 0.6) is 0 Å². The normalized spacial score (nSPS) is 19.4. The van der Waals surface area contributed by atoms with Gasteiger partial charge in [-0.3, -0.25) is 0 Å². The lowest BCUT2D eigenvalue weighted by molar-refractivity contribution is -0.0308. The van der Waals surface area contributed by atoms with Crippen molar-refractivity contribution in [3.05, 3.63) is 84.4 Å². The van der Waals surface area contributed by atoms with Crippen LogP contribution in [0.15, 0.2) is 73.3 Å². The number of rotatable bonds is 7. The summed E-state index contributed by atoms with van der Waals surface area (Å²) >= 11 is 0. The smallest absolute Gasteiger partial charge is 0.338 e. The van der Waals surface area contributed by atoms with Crippen LogP contribution in [0.3, 0.4) is 0 Å². The van der Waals surface area contributed by atoms with E-state index in [1.807, 2.05) is 16.7 Å². The Hall–Kier alpha value is -4.27. The minimum absolute atomic E-state index is 0.0119. The van der Waals surface area contributed by atoms with Crippen LogP contribution < -0.4 is 5.73 Å². The van der Waals surface area contributed by atoms with Crippen molar-refractivity contribution in [2.75, 3.05) is 18.9 Å². The molecule has 9 heteroatoms. The van der Waals surface area contributed by atoms with Gasteiger partial charge in [-0.15, -0.1) is 0 Å². The molecule has 2 aromatic heterocycles. The summed E-state index contributed by atoms with van der Waals surface area (Å²) in [6.45, 7) is 0.397. The molecule has 0 bridgehead atoms. The summed E-state index contributed by atoms with van der Waals surface area (Å²) < 4.78 is 13.2. The van der Waals surface area contributed by atoms with Gasteiger partial charge in [0, 0.05) is 17.9 Å². The minimum atomic E-state index is -0.395. The molecule has 2 heterocycles. The average molecular weight is 457 g/mol. The topological polar surface area (TPSA) is 122 Å². The number of hydrogen-bond acceptors (Lipinski definition) is 8. The van der Waals surface area contributed by atoms with Gasteiger partial charge in [-0.05, 0) is 30.7 Å². The fourth-order valence-corrected chi connectivity index (χ4v) is 4.32. The molecule has 4 aromatic rings. The first-order valence-corrected chi connectivity index (χ1v) is 11.0. The van der Waals surface area contributed by atoms with Crippen molar-refractivity contribution in [3.8, 4) is 0 Å². The number of anilines is 1. The van der Waals surface area contributed by atoms with Gasteiger partial charge in [0.25, 0.3) is 0 Å². The van der Waals surface area contributed by atoms with Crippen LogP contribution in [0.4, 0.5) is 5.82 Å². The molecule has 0 aliphatic heterocycles. The molecule has 5 rings (SSSR count). The molecule has 34 heavy (non-hydrogen) atoms. The van der Waals surface area contributed by atoms with E-state index in [1.54, 1.807) is 54.9 Å². The van der Waals surface area contributed by atoms with Crippen LogP contribution in [0.1, 0.15) is 33.2 Å². The quantitative estimate of drug-likeness (QED) is 0.420. The molecular formula is C25H23N5O4. The number of nitrogens with two attached hydrogens (primary N) is 1. The Morgan fingerprint density at radius 1 is 0.882 bits per heavy atom. The molecule has 1 fully saturated rings. The number of ether oxygens (including phenoxy) is 2. The maximum absolute atomic E-state index is 12.5. The number of nitrogen functional groups attached to an aromatic ring is 1. The number of imidazole rings is 1. The predicted molar refractivity (Wildman–Crippen MR) is 124 cm³/mol. The van der Waals surface area contributed by atoms with Gasteiger partial charge in [0.2, 0.25) is 0 Å². The summed E-state index contributed by atoms with van der Waals surface area (Å²) in [5.74, 6) is -0.544. The summed E-state index contributed by atoms with van der Waals surface area (Å²) in [6.07, 6.45) is 3.79. The molecule has 0 radical (unpaired) electrons. The number of esters is 2. The Morgan fingerprint density at radius 3 is 2.15 bits per heavy atom. The van der Waals surface area contributed by atoms with E-state index >= 15 is 0 Å². The van der Waals surface area contributed by atoms with Crippen molar-refractivity contribution in [1.29, 1.82) is 0 Å². The molecule has 9 nitrogen and oxygen atoms in total. The summed E-state index contributed by atoms with van der Waals surface area (Å²) in [4.78, 5) is 37.6. The molecule has 1 aliphatic rings. The highest BCUT2D eigenvalue weighted by Gasteiger charge is 2.44. The molecular weight excluding hydrogens is 434 g/mol. The van der Waals surface area contributed by atoms with Crippen molar-refractivity contribution in [2.45, 2.75) is 12.5 Å². The molecule has 2 aromatic carbocycles. The second kappa shape index (κ2) is 9.30. The van der Waals surface area contributed by atoms with E-state index in [-0.39, 0.29) is 37.1 Å². The van der Waals surface area contributed by atoms with E-state index in [1.165, 1.54) is 6.33 Å². The van der Waals surface area contributed by atoms with Gasteiger partial charge in [0.15, 0.2) is 11.5 Å². The maximum atomic E-state index is 12.5. The van der Waals surface area contributed by atoms with E-state index in [9.17, 15) is 9.59 Å². The second-order valence-electron chi connectivity index (χ2n) is 8.24. The Balaban J connectivity index is 1.32. The third-order valence-electron chi connectivity index (χ3n) is 6.24. The van der Waals surface area contributed by atoms with Crippen LogP contribution in [0.2, 0.25) is 0 Å². The standard InChI is InChI=1S/C25H23N5O4/c26-22-21-23(28-14-27-22)30(15-29-21)20-11-18(12-33-24(31)16-7-3-1-4-8-16)19(20)13-34-25(32)17-9-5-2-6-10-17/h1-10,14-15,18-20H,11-13H2,(H2,26,27,28)/t18-,19-,20-/m1/s1. The zero-order chi connectivity index (χ0) is 23.5. The SMILES string of the molecule is Nc1ncnc2c1ncn2[C@@H]1C[C@H](COC(=O)c2ccccc2)[C@H]1COC(=O)c1ccccc1. The van der Waals surface area contributed by atoms with Gasteiger partial charge < -0.3 is 19.8 Å². The molecule has 172 valence electrons. The van der Waals surface area contributed by atoms with Crippen LogP contribution in [-0.4, -0.2) is 44.7 Å². The molecule has 2 N–H and O–H groups in total. The number of nitrogens with zero attached hydrogens (tertiary/aromatic N) is 4. The van der Waals surface area contributed by atoms with Crippen molar-refractivity contribution < 1.29 is 19.1 Å². The largest absolute Gasteiger partial charge is 0.462 e. The number of hydrogen-bond donors (Lipinski definition) is 1. The number of carbonyl (C=O) groups is 2. The molecule has 0 saturated heterocycles. The minimum Gasteiger partial charge on any atom is -0.462 e. The Bertz CT molecular complexity index is 1310. The van der Waals surface area contributed by atoms with Crippen LogP contribution in [-0.2, 0) is 9.47 Å². The second-order valence-corrected chi connectivity index (χ2v) is 8.24. The van der Waals surface area contributed by atoms with Crippen molar-refractivity contribution in [1.82, 2.24) is 19.5 Å². The van der Waals surface area contributed by atoms with Crippen molar-refractivity contribution in [3.63, 3.8) is 0 Å². The van der Waals surface area contributed by atoms with Gasteiger partial charge >= 0.3 is 11.9 Å². The van der Waals surface area contributed by atoms with Crippen molar-refractivity contribution >= 4 is 28.9 Å². The lowest BCUT2D eigenvalue weighted by Crippen LogP contribution is -2.44. The number of aromatic nitrogens is 4. The number of carbonyl (C=O) groups excluding carboxylic acids is 2. The first kappa shape index (κ1) is 21.6. The van der Waals surface area contributed by atoms with Crippen molar-refractivity contribution in [2.24, 2.45) is 11.8 Å². The zero-order valence-corrected chi connectivity index (χ0v) is 18.3. The van der Waals surface area contributed by atoms with Gasteiger partial charge in [0.05, 0.1) is 30.7 Å². The van der Waals surface area contributed by atoms with Gasteiger partial charge in [-0.25, -0.2) is 24.5 Å². The lowest BCUT2D eigenvalue weighted by Gasteiger charge is -2.44. The lowest BCUT2D eigenvalue weighted by atomic mass is 9.69. The Kier molecular flexibility index (Phi) is 5.90. The third kappa shape index (κ3) is 4.19. The predicted octanol–water partition coefficient (Wildman–Crippen LogP) is 3.30. The maximum Gasteiger partial charge on any atom is 0.338 e. The molecule has 1 aliphatic carbocycles. The highest BCUT2D eigenvalue weighted by atomic mass is 16.5. The summed E-state index contributed by atoms with van der Waals surface area (Å²) in [5.41, 5.74) is 8.07. The van der Waals surface area contributed by atoms with E-state index in [0.29, 0.717) is 34.5 Å². The highest BCUT2D eigenvalue weighted by Crippen LogP contribution is 2.45. The fraction of sp³-hybridized carbons (Fsp3) is 0.240. The van der Waals surface area contributed by atoms with E-state index in [0.717, 1.165) is 0 Å². The van der Waals surface area contributed by atoms with Gasteiger partial charge in [-0.2, -0.15) is 0 Å². The highest BCUT2D eigenvalue weighted by molar-refractivity contribution is 5.89. The molecule has 0 spiro atoms. The van der Waals surface area contributed by atoms with Gasteiger partial charge in [0.1, 0.15) is 11.8 Å². The van der Waals surface area contributed by atoms with Crippen LogP contribution in [0, 0.1) is 11.8 Å². The monoisotopic (exact) mass is 457 g/mol. The summed E-state index contributed by atoms with van der Waals surface area (Å²) in [5, 5.41) is 0. The Morgan fingerprint density at radius 2 is 1.50 bits per heavy atom. The molecule has 3 atom stereocenters. The van der Waals surface area contributed by atoms with Crippen LogP contribution in [0.25, 0.3) is 11.2 Å². The molecule has 0 unspecified atom stereocenters. The first-order valence-electron chi connectivity index (χ1n) is 11.0. The molecule has 0 amide bonds. The average Bonchev–Trinajstić information content (AvgIpc) is 3.29. The summed E-state index contributed by atoms with van der Waals surface area (Å²) in [6, 6.07) is 17.7. The zero-order valence-electron chi connectivity index (χ0n) is 18.3. The third-order valence-corrected chi connectivity index (χ3v) is 6.24. The number of fused-ring (bicyclic) bond motifs is 1. The molecule has 1 saturated carbocycles. The first-order chi connectivity index (χ1) is 16.6. The van der Waals surface area contributed by atoms with E-state index < -0.39 is 5.97 Å². The van der Waals surface area contributed by atoms with E-state index in [2.05, 4.69) is 15.0 Å². The Labute approximate surface area is 195 Å². The van der Waals surface area contributed by atoms with Gasteiger partial charge in [-0.1, -0.05) is 36.4 Å². The van der Waals surface area contributed by atoms with Crippen LogP contribution >= 0.6 is 0 Å². The fourth-order valence-electron chi connectivity index (χ4n) is 4.32. The van der Waals surface area contributed by atoms with E-state index in [4.69, 9.17) is 15.2 Å².